The molecule has 0 heterocycles. The van der Waals surface area contributed by atoms with E-state index in [2.05, 4.69) is 32.9 Å². The van der Waals surface area contributed by atoms with Gasteiger partial charge in [-0.05, 0) is 37.7 Å². The predicted octanol–water partition coefficient (Wildman–Crippen LogP) is 3.73. The minimum atomic E-state index is -0.420. The average Bonchev–Trinajstić information content (AvgIpc) is 2.23. The molecule has 2 bridgehead atoms. The van der Waals surface area contributed by atoms with E-state index in [4.69, 9.17) is 4.74 Å². The topological polar surface area (TPSA) is 26.3 Å². The first kappa shape index (κ1) is 13.4. The molecule has 0 aliphatic heterocycles. The highest BCUT2D eigenvalue weighted by molar-refractivity contribution is 5.75. The molecule has 0 amide bonds. The van der Waals surface area contributed by atoms with E-state index in [9.17, 15) is 4.79 Å². The molecule has 3 aliphatic carbocycles. The number of hydrogen-bond donors (Lipinski definition) is 0. The maximum Gasteiger partial charge on any atom is 0.311 e. The lowest BCUT2D eigenvalue weighted by molar-refractivity contribution is -0.152. The molecule has 3 rings (SSSR count). The number of hydrogen-bond acceptors (Lipinski definition) is 2. The zero-order valence-corrected chi connectivity index (χ0v) is 12.3. The van der Waals surface area contributed by atoms with Crippen molar-refractivity contribution in [1.82, 2.24) is 0 Å². The number of carbonyl (C=O) groups excluding carboxylic acids is 1. The number of esters is 1. The van der Waals surface area contributed by atoms with Crippen LogP contribution in [0.2, 0.25) is 0 Å². The zero-order chi connectivity index (χ0) is 13.7. The normalized spacial score (nSPS) is 29.0. The van der Waals surface area contributed by atoms with E-state index in [0.717, 1.165) is 0 Å². The molecule has 0 fully saturated rings. The summed E-state index contributed by atoms with van der Waals surface area (Å²) in [5.41, 5.74) is 2.62. The average molecular weight is 248 g/mol. The largest absolute Gasteiger partial charge is 0.461 e. The van der Waals surface area contributed by atoms with Gasteiger partial charge in [-0.2, -0.15) is 0 Å². The third-order valence-corrected chi connectivity index (χ3v) is 4.20. The summed E-state index contributed by atoms with van der Waals surface area (Å²) < 4.78 is 5.45. The summed E-state index contributed by atoms with van der Waals surface area (Å²) in [7, 11) is 0. The minimum absolute atomic E-state index is 0.122. The Hall–Kier alpha value is -1.05. The monoisotopic (exact) mass is 248 g/mol. The molecule has 0 spiro atoms. The molecular formula is C16H24O2. The summed E-state index contributed by atoms with van der Waals surface area (Å²) in [5, 5.41) is 0. The molecule has 2 heteroatoms. The van der Waals surface area contributed by atoms with Crippen LogP contribution in [0.1, 0.15) is 41.5 Å². The lowest BCUT2D eigenvalue weighted by Gasteiger charge is -2.51. The number of rotatable bonds is 2. The van der Waals surface area contributed by atoms with Crippen molar-refractivity contribution >= 4 is 5.97 Å². The van der Waals surface area contributed by atoms with Crippen LogP contribution in [0.5, 0.6) is 0 Å². The van der Waals surface area contributed by atoms with Crippen LogP contribution in [-0.2, 0) is 9.53 Å². The molecule has 0 N–H and O–H groups in total. The highest BCUT2D eigenvalue weighted by Crippen LogP contribution is 2.56. The van der Waals surface area contributed by atoms with Crippen molar-refractivity contribution in [1.29, 1.82) is 0 Å². The molecule has 100 valence electrons. The van der Waals surface area contributed by atoms with Gasteiger partial charge in [0, 0.05) is 5.92 Å². The Labute approximate surface area is 110 Å². The van der Waals surface area contributed by atoms with E-state index in [0.29, 0.717) is 18.4 Å². The van der Waals surface area contributed by atoms with Crippen molar-refractivity contribution in [3.63, 3.8) is 0 Å². The van der Waals surface area contributed by atoms with E-state index in [-0.39, 0.29) is 11.4 Å². The second-order valence-corrected chi connectivity index (χ2v) is 7.18. The highest BCUT2D eigenvalue weighted by atomic mass is 16.5. The van der Waals surface area contributed by atoms with Gasteiger partial charge in [0.15, 0.2) is 0 Å². The summed E-state index contributed by atoms with van der Waals surface area (Å²) in [5.74, 6) is 0.813. The van der Waals surface area contributed by atoms with Crippen LogP contribution >= 0.6 is 0 Å². The lowest BCUT2D eigenvalue weighted by Crippen LogP contribution is -2.42. The molecule has 0 aromatic carbocycles. The maximum absolute atomic E-state index is 11.8. The maximum atomic E-state index is 11.8. The zero-order valence-electron chi connectivity index (χ0n) is 12.3. The summed E-state index contributed by atoms with van der Waals surface area (Å²) in [4.78, 5) is 11.8. The van der Waals surface area contributed by atoms with Gasteiger partial charge in [-0.25, -0.2) is 0 Å². The van der Waals surface area contributed by atoms with Crippen LogP contribution in [-0.4, -0.2) is 12.6 Å². The third kappa shape index (κ3) is 2.02. The van der Waals surface area contributed by atoms with Crippen LogP contribution in [0.3, 0.4) is 0 Å². The van der Waals surface area contributed by atoms with Gasteiger partial charge in [0.2, 0.25) is 0 Å². The van der Waals surface area contributed by atoms with Crippen LogP contribution in [0.4, 0.5) is 0 Å². The molecule has 2 unspecified atom stereocenters. The molecule has 0 aromatic rings. The number of carbonyl (C=O) groups is 1. The molecule has 3 aliphatic rings. The summed E-state index contributed by atoms with van der Waals surface area (Å²) >= 11 is 0. The van der Waals surface area contributed by atoms with Crippen molar-refractivity contribution in [2.24, 2.45) is 22.7 Å². The van der Waals surface area contributed by atoms with Gasteiger partial charge in [0.25, 0.3) is 0 Å². The van der Waals surface area contributed by atoms with Gasteiger partial charge >= 0.3 is 5.97 Å². The van der Waals surface area contributed by atoms with Gasteiger partial charge in [0.1, 0.15) is 6.61 Å². The van der Waals surface area contributed by atoms with Crippen LogP contribution < -0.4 is 0 Å². The Kier molecular flexibility index (Phi) is 2.95. The van der Waals surface area contributed by atoms with Crippen molar-refractivity contribution in [3.05, 3.63) is 23.3 Å². The molecule has 0 aromatic heterocycles. The van der Waals surface area contributed by atoms with Gasteiger partial charge in [0.05, 0.1) is 5.41 Å². The summed E-state index contributed by atoms with van der Waals surface area (Å²) in [6, 6.07) is 0. The Balaban J connectivity index is 2.02. The fourth-order valence-corrected chi connectivity index (χ4v) is 3.01. The fourth-order valence-electron chi connectivity index (χ4n) is 3.01. The molecule has 0 saturated heterocycles. The van der Waals surface area contributed by atoms with Crippen LogP contribution in [0.15, 0.2) is 23.3 Å². The lowest BCUT2D eigenvalue weighted by atomic mass is 9.54. The molecule has 0 saturated carbocycles. The van der Waals surface area contributed by atoms with E-state index in [1.54, 1.807) is 0 Å². The number of ether oxygens (including phenoxy) is 1. The first-order valence-corrected chi connectivity index (χ1v) is 6.74. The van der Waals surface area contributed by atoms with Gasteiger partial charge < -0.3 is 4.74 Å². The minimum Gasteiger partial charge on any atom is -0.461 e. The summed E-state index contributed by atoms with van der Waals surface area (Å²) in [6.07, 6.45) is 4.60. The van der Waals surface area contributed by atoms with Crippen LogP contribution in [0, 0.1) is 22.7 Å². The Morgan fingerprint density at radius 2 is 1.94 bits per heavy atom. The second-order valence-electron chi connectivity index (χ2n) is 7.18. The Bertz CT molecular complexity index is 433. The van der Waals surface area contributed by atoms with Gasteiger partial charge in [-0.1, -0.05) is 38.5 Å². The van der Waals surface area contributed by atoms with Crippen molar-refractivity contribution in [2.45, 2.75) is 41.5 Å². The smallest absolute Gasteiger partial charge is 0.311 e. The fraction of sp³-hybridized carbons (Fsp3) is 0.688. The van der Waals surface area contributed by atoms with E-state index >= 15 is 0 Å². The quantitative estimate of drug-likeness (QED) is 0.550. The number of fused-ring (bicyclic) bond motifs is 1. The summed E-state index contributed by atoms with van der Waals surface area (Å²) in [6.45, 7) is 12.9. The second kappa shape index (κ2) is 3.97. The Morgan fingerprint density at radius 3 is 2.39 bits per heavy atom. The predicted molar refractivity (Wildman–Crippen MR) is 73.0 cm³/mol. The van der Waals surface area contributed by atoms with Crippen molar-refractivity contribution in [3.8, 4) is 0 Å². The standard InChI is InChI=1S/C16H24O2/c1-10-7-11(9-18-14(17)15(2,3)4)13-8-12(10)16(13,5)6/h7-8,10,13H,9H2,1-6H3. The first-order chi connectivity index (χ1) is 8.14. The van der Waals surface area contributed by atoms with Crippen LogP contribution in [0.25, 0.3) is 0 Å². The molecule has 2 nitrogen and oxygen atoms in total. The first-order valence-electron chi connectivity index (χ1n) is 6.74. The van der Waals surface area contributed by atoms with E-state index in [1.165, 1.54) is 11.1 Å². The Morgan fingerprint density at radius 1 is 1.33 bits per heavy atom. The number of allylic oxidation sites excluding steroid dienone is 3. The molecule has 0 radical (unpaired) electrons. The molecule has 18 heavy (non-hydrogen) atoms. The molecule has 2 atom stereocenters. The van der Waals surface area contributed by atoms with Gasteiger partial charge in [-0.15, -0.1) is 0 Å². The SMILES string of the molecule is CC1C=C(COC(=O)C(C)(C)C)C2C=C1C2(C)C. The van der Waals surface area contributed by atoms with Gasteiger partial charge in [-0.3, -0.25) is 4.79 Å². The van der Waals surface area contributed by atoms with Crippen molar-refractivity contribution < 1.29 is 9.53 Å². The van der Waals surface area contributed by atoms with Crippen molar-refractivity contribution in [2.75, 3.05) is 6.61 Å². The molecular weight excluding hydrogens is 224 g/mol. The van der Waals surface area contributed by atoms with E-state index in [1.807, 2.05) is 20.8 Å². The third-order valence-electron chi connectivity index (χ3n) is 4.20. The van der Waals surface area contributed by atoms with E-state index < -0.39 is 5.41 Å². The highest BCUT2D eigenvalue weighted by Gasteiger charge is 2.47.